The summed E-state index contributed by atoms with van der Waals surface area (Å²) >= 11 is 0. The van der Waals surface area contributed by atoms with Crippen LogP contribution in [0.15, 0.2) is 23.0 Å². The zero-order valence-corrected chi connectivity index (χ0v) is 7.43. The predicted molar refractivity (Wildman–Crippen MR) is 44.9 cm³/mol. The Bertz CT molecular complexity index is 241. The summed E-state index contributed by atoms with van der Waals surface area (Å²) in [5.41, 5.74) is 5.33. The van der Waals surface area contributed by atoms with Gasteiger partial charge in [0.1, 0.15) is 6.61 Å². The Kier molecular flexibility index (Phi) is 4.32. The molecule has 1 rings (SSSR count). The normalized spacial score (nSPS) is 13.5. The van der Waals surface area contributed by atoms with Crippen molar-refractivity contribution in [2.24, 2.45) is 5.73 Å². The lowest BCUT2D eigenvalue weighted by molar-refractivity contribution is -0.0712. The molecule has 0 aromatic carbocycles. The van der Waals surface area contributed by atoms with E-state index in [0.717, 1.165) is 6.26 Å². The van der Waals surface area contributed by atoms with Gasteiger partial charge < -0.3 is 15.3 Å². The molecule has 0 aliphatic carbocycles. The second kappa shape index (κ2) is 4.55. The molecule has 0 unspecified atom stereocenters. The van der Waals surface area contributed by atoms with Crippen molar-refractivity contribution in [3.63, 3.8) is 0 Å². The number of furan rings is 1. The number of alkyl halides is 2. The van der Waals surface area contributed by atoms with Crippen molar-refractivity contribution in [1.82, 2.24) is 0 Å². The van der Waals surface area contributed by atoms with Gasteiger partial charge in [0.15, 0.2) is 0 Å². The number of nitrogens with two attached hydrogens (primary N) is 1. The standard InChI is InChI=1S/C7H9F2NO2.ClH/c8-7(9,4-11)6(10)5-1-2-12-3-5;/h1-3,6,11H,4,10H2;1H/t6-;/m0./s1. The molecule has 0 amide bonds. The van der Waals surface area contributed by atoms with Crippen LogP contribution in [0.3, 0.4) is 0 Å². The molecule has 0 aliphatic heterocycles. The maximum atomic E-state index is 12.7. The third-order valence-electron chi connectivity index (χ3n) is 1.57. The van der Waals surface area contributed by atoms with E-state index >= 15 is 0 Å². The Labute approximate surface area is 79.9 Å². The highest BCUT2D eigenvalue weighted by Gasteiger charge is 2.37. The molecule has 76 valence electrons. The van der Waals surface area contributed by atoms with Crippen molar-refractivity contribution in [2.75, 3.05) is 6.61 Å². The number of aliphatic hydroxyl groups excluding tert-OH is 1. The van der Waals surface area contributed by atoms with Crippen LogP contribution in [0.1, 0.15) is 11.6 Å². The Morgan fingerprint density at radius 1 is 1.62 bits per heavy atom. The molecule has 0 bridgehead atoms. The predicted octanol–water partition coefficient (Wildman–Crippen LogP) is 1.33. The van der Waals surface area contributed by atoms with E-state index in [9.17, 15) is 8.78 Å². The fourth-order valence-corrected chi connectivity index (χ4v) is 0.794. The summed E-state index contributed by atoms with van der Waals surface area (Å²) in [5, 5.41) is 8.30. The van der Waals surface area contributed by atoms with Crippen LogP contribution in [0.5, 0.6) is 0 Å². The van der Waals surface area contributed by atoms with Crippen LogP contribution in [0.25, 0.3) is 0 Å². The first-order valence-electron chi connectivity index (χ1n) is 3.34. The first-order valence-corrected chi connectivity index (χ1v) is 3.34. The number of rotatable bonds is 3. The summed E-state index contributed by atoms with van der Waals surface area (Å²) in [4.78, 5) is 0. The molecule has 1 aromatic heterocycles. The molecule has 3 N–H and O–H groups in total. The molecule has 0 spiro atoms. The van der Waals surface area contributed by atoms with Crippen LogP contribution in [-0.2, 0) is 0 Å². The molecule has 1 heterocycles. The first kappa shape index (κ1) is 12.3. The van der Waals surface area contributed by atoms with Crippen molar-refractivity contribution in [3.8, 4) is 0 Å². The third-order valence-corrected chi connectivity index (χ3v) is 1.57. The van der Waals surface area contributed by atoms with Gasteiger partial charge in [-0.3, -0.25) is 0 Å². The smallest absolute Gasteiger partial charge is 0.289 e. The number of aliphatic hydroxyl groups is 1. The fourth-order valence-electron chi connectivity index (χ4n) is 0.794. The molecule has 13 heavy (non-hydrogen) atoms. The Morgan fingerprint density at radius 2 is 2.23 bits per heavy atom. The van der Waals surface area contributed by atoms with E-state index < -0.39 is 18.6 Å². The van der Waals surface area contributed by atoms with Crippen molar-refractivity contribution in [2.45, 2.75) is 12.0 Å². The lowest BCUT2D eigenvalue weighted by Crippen LogP contribution is -2.35. The monoisotopic (exact) mass is 213 g/mol. The molecule has 1 aromatic rings. The highest BCUT2D eigenvalue weighted by Crippen LogP contribution is 2.28. The number of halogens is 3. The maximum absolute atomic E-state index is 12.7. The molecular formula is C7H10ClF2NO2. The minimum atomic E-state index is -3.30. The van der Waals surface area contributed by atoms with Crippen molar-refractivity contribution in [3.05, 3.63) is 24.2 Å². The highest BCUT2D eigenvalue weighted by atomic mass is 35.5. The summed E-state index contributed by atoms with van der Waals surface area (Å²) in [6.07, 6.45) is 2.39. The van der Waals surface area contributed by atoms with Gasteiger partial charge in [0.25, 0.3) is 5.92 Å². The van der Waals surface area contributed by atoms with Gasteiger partial charge in [0.05, 0.1) is 18.6 Å². The lowest BCUT2D eigenvalue weighted by Gasteiger charge is -2.19. The van der Waals surface area contributed by atoms with E-state index in [-0.39, 0.29) is 18.0 Å². The zero-order valence-electron chi connectivity index (χ0n) is 6.61. The maximum Gasteiger partial charge on any atom is 0.289 e. The summed E-state index contributed by atoms with van der Waals surface area (Å²) in [6.45, 7) is -1.26. The van der Waals surface area contributed by atoms with E-state index in [4.69, 9.17) is 10.8 Å². The van der Waals surface area contributed by atoms with Gasteiger partial charge in [0, 0.05) is 5.56 Å². The van der Waals surface area contributed by atoms with Gasteiger partial charge in [-0.2, -0.15) is 0 Å². The average Bonchev–Trinajstić information content (AvgIpc) is 2.55. The zero-order chi connectivity index (χ0) is 9.19. The topological polar surface area (TPSA) is 59.4 Å². The summed E-state index contributed by atoms with van der Waals surface area (Å²) < 4.78 is 30.0. The Morgan fingerprint density at radius 3 is 2.62 bits per heavy atom. The van der Waals surface area contributed by atoms with Crippen LogP contribution in [-0.4, -0.2) is 17.6 Å². The van der Waals surface area contributed by atoms with Gasteiger partial charge in [-0.05, 0) is 6.07 Å². The van der Waals surface area contributed by atoms with Crippen molar-refractivity contribution < 1.29 is 18.3 Å². The Hall–Kier alpha value is -0.650. The van der Waals surface area contributed by atoms with E-state index in [0.29, 0.717) is 0 Å². The second-order valence-electron chi connectivity index (χ2n) is 2.45. The van der Waals surface area contributed by atoms with Gasteiger partial charge in [0.2, 0.25) is 0 Å². The summed E-state index contributed by atoms with van der Waals surface area (Å²) in [5.74, 6) is -3.30. The van der Waals surface area contributed by atoms with E-state index in [1.165, 1.54) is 12.3 Å². The number of hydrogen-bond donors (Lipinski definition) is 2. The van der Waals surface area contributed by atoms with Gasteiger partial charge in [-0.15, -0.1) is 12.4 Å². The third kappa shape index (κ3) is 2.65. The minimum Gasteiger partial charge on any atom is -0.472 e. The van der Waals surface area contributed by atoms with Crippen molar-refractivity contribution in [1.29, 1.82) is 0 Å². The van der Waals surface area contributed by atoms with Crippen LogP contribution >= 0.6 is 12.4 Å². The second-order valence-corrected chi connectivity index (χ2v) is 2.45. The van der Waals surface area contributed by atoms with Crippen LogP contribution < -0.4 is 5.73 Å². The van der Waals surface area contributed by atoms with E-state index in [1.54, 1.807) is 0 Å². The highest BCUT2D eigenvalue weighted by molar-refractivity contribution is 5.85. The fraction of sp³-hybridized carbons (Fsp3) is 0.429. The molecule has 0 fully saturated rings. The largest absolute Gasteiger partial charge is 0.472 e. The van der Waals surface area contributed by atoms with Gasteiger partial charge in [-0.1, -0.05) is 0 Å². The quantitative estimate of drug-likeness (QED) is 0.797. The number of hydrogen-bond acceptors (Lipinski definition) is 3. The molecule has 6 heteroatoms. The first-order chi connectivity index (χ1) is 5.58. The molecule has 0 saturated heterocycles. The Balaban J connectivity index is 0.00000144. The SMILES string of the molecule is Cl.N[C@@H](c1ccoc1)C(F)(F)CO. The van der Waals surface area contributed by atoms with Crippen LogP contribution in [0, 0.1) is 0 Å². The molecule has 3 nitrogen and oxygen atoms in total. The molecule has 0 saturated carbocycles. The molecular weight excluding hydrogens is 204 g/mol. The minimum absolute atomic E-state index is 0. The molecule has 0 aliphatic rings. The van der Waals surface area contributed by atoms with Crippen LogP contribution in [0.4, 0.5) is 8.78 Å². The van der Waals surface area contributed by atoms with E-state index in [1.807, 2.05) is 0 Å². The van der Waals surface area contributed by atoms with Gasteiger partial charge >= 0.3 is 0 Å². The van der Waals surface area contributed by atoms with Crippen LogP contribution in [0.2, 0.25) is 0 Å². The molecule has 1 atom stereocenters. The summed E-state index contributed by atoms with van der Waals surface area (Å²) in [7, 11) is 0. The van der Waals surface area contributed by atoms with E-state index in [2.05, 4.69) is 4.42 Å². The average molecular weight is 214 g/mol. The van der Waals surface area contributed by atoms with Gasteiger partial charge in [-0.25, -0.2) is 8.78 Å². The lowest BCUT2D eigenvalue weighted by atomic mass is 10.1. The summed E-state index contributed by atoms with van der Waals surface area (Å²) in [6, 6.07) is -0.171. The molecule has 0 radical (unpaired) electrons. The van der Waals surface area contributed by atoms with Crippen molar-refractivity contribution >= 4 is 12.4 Å².